The summed E-state index contributed by atoms with van der Waals surface area (Å²) in [5, 5.41) is 15.5. The number of aromatic nitrogens is 2. The highest BCUT2D eigenvalue weighted by Gasteiger charge is 2.50. The molecule has 0 radical (unpaired) electrons. The molecule has 1 fully saturated rings. The number of halogens is 4. The molecule has 6 rings (SSSR count). The number of nitrogens with zero attached hydrogens (tertiary/aromatic N) is 2. The van der Waals surface area contributed by atoms with Gasteiger partial charge in [0.1, 0.15) is 52.0 Å². The molecule has 1 unspecified atom stereocenters. The molecule has 0 bridgehead atoms. The summed E-state index contributed by atoms with van der Waals surface area (Å²) in [7, 11) is 1.46. The summed E-state index contributed by atoms with van der Waals surface area (Å²) in [6.45, 7) is 2.85. The molecule has 3 heterocycles. The number of benzene rings is 2. The lowest BCUT2D eigenvalue weighted by atomic mass is 9.81. The van der Waals surface area contributed by atoms with E-state index in [4.69, 9.17) is 38.4 Å². The van der Waals surface area contributed by atoms with Gasteiger partial charge in [-0.3, -0.25) is 9.59 Å². The summed E-state index contributed by atoms with van der Waals surface area (Å²) in [6.07, 6.45) is 1.22. The molecule has 1 aliphatic heterocycles. The van der Waals surface area contributed by atoms with Crippen molar-refractivity contribution in [3.05, 3.63) is 80.6 Å². The van der Waals surface area contributed by atoms with Gasteiger partial charge in [0.2, 0.25) is 5.91 Å². The molecule has 2 aliphatic rings. The highest BCUT2D eigenvalue weighted by Crippen LogP contribution is 2.50. The Morgan fingerprint density at radius 3 is 2.53 bits per heavy atom. The first-order valence-electron chi connectivity index (χ1n) is 14.1. The first-order valence-corrected chi connectivity index (χ1v) is 14.8. The molecule has 4 N–H and O–H groups in total. The third kappa shape index (κ3) is 5.22. The number of amides is 2. The maximum Gasteiger partial charge on any atom is 0.251 e. The van der Waals surface area contributed by atoms with Crippen LogP contribution in [0.5, 0.6) is 11.5 Å². The van der Waals surface area contributed by atoms with E-state index in [0.29, 0.717) is 40.2 Å². The van der Waals surface area contributed by atoms with Gasteiger partial charge in [0.05, 0.1) is 35.1 Å². The third-order valence-corrected chi connectivity index (χ3v) is 9.26. The standard InChI is InChI=1S/C32H28Cl2F2N4O5/c1-14-20(33)7-15-6-16(8-24(44-3)26(15)39-14)29(41)38-12-32(43,17-4-5-17)25-10-19-28(45-13-31(19,2)30(37)42)27(40-25)18-9-23(36)21(34)11-22(18)35/h6-11,17,43H,4-5,12-13H2,1-3H3,(H2,37,42)(H,38,41)/t31-,32?/m0/s1. The van der Waals surface area contributed by atoms with Crippen LogP contribution in [-0.4, -0.2) is 47.2 Å². The normalized spacial score (nSPS) is 18.7. The Bertz CT molecular complexity index is 1920. The van der Waals surface area contributed by atoms with E-state index in [1.807, 2.05) is 0 Å². The maximum absolute atomic E-state index is 15.2. The van der Waals surface area contributed by atoms with Crippen molar-refractivity contribution in [1.29, 1.82) is 0 Å². The number of fused-ring (bicyclic) bond motifs is 2. The summed E-state index contributed by atoms with van der Waals surface area (Å²) in [4.78, 5) is 35.1. The number of ether oxygens (including phenoxy) is 2. The van der Waals surface area contributed by atoms with Crippen LogP contribution in [-0.2, 0) is 15.8 Å². The average Bonchev–Trinajstić information content (AvgIpc) is 3.81. The van der Waals surface area contributed by atoms with Gasteiger partial charge in [-0.05, 0) is 69.0 Å². The minimum absolute atomic E-state index is 0.0358. The number of hydrogen-bond acceptors (Lipinski definition) is 7. The summed E-state index contributed by atoms with van der Waals surface area (Å²) >= 11 is 12.1. The molecule has 2 aromatic heterocycles. The molecule has 0 spiro atoms. The molecule has 1 aliphatic carbocycles. The van der Waals surface area contributed by atoms with E-state index >= 15 is 4.39 Å². The predicted molar refractivity (Wildman–Crippen MR) is 164 cm³/mol. The number of rotatable bonds is 8. The molecule has 13 heteroatoms. The van der Waals surface area contributed by atoms with Gasteiger partial charge in [0, 0.05) is 22.1 Å². The number of aryl methyl sites for hydroxylation is 1. The van der Waals surface area contributed by atoms with Crippen LogP contribution in [0.4, 0.5) is 8.78 Å². The molecule has 234 valence electrons. The van der Waals surface area contributed by atoms with E-state index < -0.39 is 39.5 Å². The zero-order chi connectivity index (χ0) is 32.4. The van der Waals surface area contributed by atoms with E-state index in [-0.39, 0.29) is 52.9 Å². The van der Waals surface area contributed by atoms with E-state index in [9.17, 15) is 19.1 Å². The number of methoxy groups -OCH3 is 1. The Morgan fingerprint density at radius 1 is 1.13 bits per heavy atom. The van der Waals surface area contributed by atoms with Gasteiger partial charge in [-0.1, -0.05) is 23.2 Å². The lowest BCUT2D eigenvalue weighted by molar-refractivity contribution is -0.123. The van der Waals surface area contributed by atoms with Crippen LogP contribution in [0.1, 0.15) is 47.1 Å². The summed E-state index contributed by atoms with van der Waals surface area (Å²) in [6, 6.07) is 8.01. The second kappa shape index (κ2) is 11.1. The summed E-state index contributed by atoms with van der Waals surface area (Å²) in [5.41, 5.74) is 3.89. The van der Waals surface area contributed by atoms with Gasteiger partial charge in [0.15, 0.2) is 0 Å². The number of carbonyl (C=O) groups is 2. The Hall–Kier alpha value is -4.06. The van der Waals surface area contributed by atoms with E-state index in [0.717, 1.165) is 12.1 Å². The van der Waals surface area contributed by atoms with Crippen molar-refractivity contribution < 1.29 is 33.0 Å². The molecule has 1 saturated carbocycles. The van der Waals surface area contributed by atoms with Gasteiger partial charge in [-0.2, -0.15) is 0 Å². The van der Waals surface area contributed by atoms with Crippen molar-refractivity contribution in [1.82, 2.24) is 15.3 Å². The molecule has 0 saturated heterocycles. The van der Waals surface area contributed by atoms with Crippen LogP contribution in [0.2, 0.25) is 10.0 Å². The summed E-state index contributed by atoms with van der Waals surface area (Å²) in [5.74, 6) is -2.96. The number of carbonyl (C=O) groups excluding carboxylic acids is 2. The van der Waals surface area contributed by atoms with E-state index in [1.54, 1.807) is 26.0 Å². The van der Waals surface area contributed by atoms with Crippen LogP contribution in [0, 0.1) is 24.5 Å². The summed E-state index contributed by atoms with van der Waals surface area (Å²) < 4.78 is 41.0. The van der Waals surface area contributed by atoms with Crippen molar-refractivity contribution in [2.45, 2.75) is 37.7 Å². The van der Waals surface area contributed by atoms with Crippen molar-refractivity contribution in [2.75, 3.05) is 20.3 Å². The number of pyridine rings is 2. The topological polar surface area (TPSA) is 137 Å². The minimum atomic E-state index is -1.76. The maximum atomic E-state index is 15.2. The molecule has 2 atom stereocenters. The van der Waals surface area contributed by atoms with Crippen molar-refractivity contribution in [2.24, 2.45) is 11.7 Å². The molecule has 4 aromatic rings. The Balaban J connectivity index is 1.42. The third-order valence-electron chi connectivity index (χ3n) is 8.59. The molecule has 9 nitrogen and oxygen atoms in total. The Morgan fingerprint density at radius 2 is 1.87 bits per heavy atom. The number of nitrogens with one attached hydrogen (secondary N) is 1. The van der Waals surface area contributed by atoms with Gasteiger partial charge < -0.3 is 25.6 Å². The number of aliphatic hydroxyl groups is 1. The Labute approximate surface area is 266 Å². The lowest BCUT2D eigenvalue weighted by Gasteiger charge is -2.30. The van der Waals surface area contributed by atoms with Gasteiger partial charge in [-0.15, -0.1) is 0 Å². The molecular formula is C32H28Cl2F2N4O5. The van der Waals surface area contributed by atoms with E-state index in [1.165, 1.54) is 19.2 Å². The van der Waals surface area contributed by atoms with Crippen molar-refractivity contribution >= 4 is 45.9 Å². The van der Waals surface area contributed by atoms with Gasteiger partial charge in [0.25, 0.3) is 5.91 Å². The quantitative estimate of drug-likeness (QED) is 0.217. The molecule has 45 heavy (non-hydrogen) atoms. The van der Waals surface area contributed by atoms with Crippen LogP contribution >= 0.6 is 23.2 Å². The second-order valence-corrected chi connectivity index (χ2v) is 12.5. The number of primary amides is 1. The van der Waals surface area contributed by atoms with Crippen LogP contribution in [0.15, 0.2) is 36.4 Å². The average molecular weight is 658 g/mol. The smallest absolute Gasteiger partial charge is 0.251 e. The van der Waals surface area contributed by atoms with Crippen molar-refractivity contribution in [3.63, 3.8) is 0 Å². The molecule has 2 amide bonds. The highest BCUT2D eigenvalue weighted by molar-refractivity contribution is 6.32. The lowest BCUT2D eigenvalue weighted by Crippen LogP contribution is -2.44. The number of hydrogen-bond donors (Lipinski definition) is 3. The van der Waals surface area contributed by atoms with Gasteiger partial charge in [-0.25, -0.2) is 18.7 Å². The van der Waals surface area contributed by atoms with Crippen LogP contribution in [0.3, 0.4) is 0 Å². The zero-order valence-corrected chi connectivity index (χ0v) is 25.9. The molecular weight excluding hydrogens is 629 g/mol. The highest BCUT2D eigenvalue weighted by atomic mass is 35.5. The van der Waals surface area contributed by atoms with Crippen LogP contribution in [0.25, 0.3) is 22.2 Å². The Kier molecular flexibility index (Phi) is 7.62. The van der Waals surface area contributed by atoms with Crippen molar-refractivity contribution in [3.8, 4) is 22.8 Å². The SMILES string of the molecule is COc1cc(C(=O)NCC(O)(c2cc3c(c(-c4cc(F)c(Cl)cc4F)n2)OC[C@]3(C)C(N)=O)C2CC2)cc2cc(Cl)c(C)nc12. The first-order chi connectivity index (χ1) is 21.3. The van der Waals surface area contributed by atoms with Gasteiger partial charge >= 0.3 is 0 Å². The minimum Gasteiger partial charge on any atom is -0.494 e. The predicted octanol–water partition coefficient (Wildman–Crippen LogP) is 5.36. The monoisotopic (exact) mass is 656 g/mol. The fourth-order valence-corrected chi connectivity index (χ4v) is 5.94. The zero-order valence-electron chi connectivity index (χ0n) is 24.4. The first kappa shape index (κ1) is 30.9. The second-order valence-electron chi connectivity index (χ2n) is 11.7. The largest absolute Gasteiger partial charge is 0.494 e. The molecule has 2 aromatic carbocycles. The fraction of sp³-hybridized carbons (Fsp3) is 0.312. The van der Waals surface area contributed by atoms with Crippen LogP contribution < -0.4 is 20.5 Å². The number of nitrogens with two attached hydrogens (primary N) is 1. The fourth-order valence-electron chi connectivity index (χ4n) is 5.63. The van der Waals surface area contributed by atoms with E-state index in [2.05, 4.69) is 15.3 Å².